The minimum absolute atomic E-state index is 0.114. The number of ether oxygens (including phenoxy) is 2. The maximum Gasteiger partial charge on any atom is 0.263 e. The average molecular weight is 473 g/mol. The number of rotatable bonds is 8. The Labute approximate surface area is 193 Å². The van der Waals surface area contributed by atoms with Crippen molar-refractivity contribution < 1.29 is 17.9 Å². The van der Waals surface area contributed by atoms with Gasteiger partial charge in [-0.05, 0) is 74.1 Å². The van der Waals surface area contributed by atoms with Gasteiger partial charge in [-0.25, -0.2) is 13.4 Å². The van der Waals surface area contributed by atoms with Crippen LogP contribution < -0.4 is 14.2 Å². The first-order valence-electron chi connectivity index (χ1n) is 10.6. The molecule has 0 saturated heterocycles. The third-order valence-corrected chi connectivity index (χ3v) is 7.25. The molecule has 1 N–H and O–H groups in total. The maximum absolute atomic E-state index is 13.1. The SMILES string of the molecule is Cc1c(Cl)cccc1S(=O)(=O)Nc1nc2c(cc1OCCOc1ccccc1)CCCC2. The van der Waals surface area contributed by atoms with Gasteiger partial charge in [0.15, 0.2) is 11.6 Å². The highest BCUT2D eigenvalue weighted by molar-refractivity contribution is 7.92. The summed E-state index contributed by atoms with van der Waals surface area (Å²) in [4.78, 5) is 4.74. The number of benzene rings is 2. The van der Waals surface area contributed by atoms with Gasteiger partial charge in [0.1, 0.15) is 19.0 Å². The maximum atomic E-state index is 13.1. The summed E-state index contributed by atoms with van der Waals surface area (Å²) in [6.45, 7) is 2.25. The molecule has 1 heterocycles. The fourth-order valence-electron chi connectivity index (χ4n) is 3.68. The van der Waals surface area contributed by atoms with Gasteiger partial charge in [0.25, 0.3) is 10.0 Å². The molecule has 0 amide bonds. The largest absolute Gasteiger partial charge is 0.490 e. The molecule has 0 bridgehead atoms. The molecule has 8 heteroatoms. The highest BCUT2D eigenvalue weighted by atomic mass is 35.5. The molecule has 168 valence electrons. The van der Waals surface area contributed by atoms with Gasteiger partial charge in [-0.15, -0.1) is 0 Å². The zero-order valence-corrected chi connectivity index (χ0v) is 19.4. The Morgan fingerprint density at radius 3 is 2.56 bits per heavy atom. The van der Waals surface area contributed by atoms with Crippen LogP contribution in [0.15, 0.2) is 59.5 Å². The Kier molecular flexibility index (Phi) is 6.86. The number of anilines is 1. The molecule has 0 aliphatic heterocycles. The first-order chi connectivity index (χ1) is 15.4. The van der Waals surface area contributed by atoms with Crippen LogP contribution in [-0.2, 0) is 22.9 Å². The fraction of sp³-hybridized carbons (Fsp3) is 0.292. The van der Waals surface area contributed by atoms with Crippen LogP contribution in [0.3, 0.4) is 0 Å². The molecule has 2 aromatic carbocycles. The monoisotopic (exact) mass is 472 g/mol. The Hall–Kier alpha value is -2.77. The average Bonchev–Trinajstić information content (AvgIpc) is 2.79. The van der Waals surface area contributed by atoms with E-state index in [1.165, 1.54) is 6.07 Å². The summed E-state index contributed by atoms with van der Waals surface area (Å²) >= 11 is 6.14. The number of sulfonamides is 1. The summed E-state index contributed by atoms with van der Waals surface area (Å²) in [5, 5.41) is 0.390. The van der Waals surface area contributed by atoms with Gasteiger partial charge in [0.05, 0.1) is 4.90 Å². The van der Waals surface area contributed by atoms with Gasteiger partial charge >= 0.3 is 0 Å². The molecule has 6 nitrogen and oxygen atoms in total. The van der Waals surface area contributed by atoms with Crippen LogP contribution in [-0.4, -0.2) is 26.6 Å². The molecule has 32 heavy (non-hydrogen) atoms. The molecule has 0 saturated carbocycles. The third kappa shape index (κ3) is 5.16. The minimum Gasteiger partial charge on any atom is -0.490 e. The van der Waals surface area contributed by atoms with Crippen LogP contribution in [0.25, 0.3) is 0 Å². The predicted octanol–water partition coefficient (Wildman–Crippen LogP) is 5.18. The van der Waals surface area contributed by atoms with Gasteiger partial charge < -0.3 is 9.47 Å². The normalized spacial score (nSPS) is 13.3. The van der Waals surface area contributed by atoms with Gasteiger partial charge in [0.2, 0.25) is 0 Å². The van der Waals surface area contributed by atoms with E-state index < -0.39 is 10.0 Å². The second kappa shape index (κ2) is 9.79. The molecule has 1 aliphatic carbocycles. The van der Waals surface area contributed by atoms with E-state index in [9.17, 15) is 8.42 Å². The van der Waals surface area contributed by atoms with Crippen molar-refractivity contribution in [1.82, 2.24) is 4.98 Å². The molecule has 0 spiro atoms. The van der Waals surface area contributed by atoms with E-state index in [0.717, 1.165) is 42.7 Å². The van der Waals surface area contributed by atoms with Crippen molar-refractivity contribution in [1.29, 1.82) is 0 Å². The summed E-state index contributed by atoms with van der Waals surface area (Å²) in [5.74, 6) is 1.33. The standard InChI is InChI=1S/C24H25ClN2O4S/c1-17-20(25)11-7-13-23(17)32(28,29)27-24-22(16-18-8-5-6-12-21(18)26-24)31-15-14-30-19-9-3-2-4-10-19/h2-4,7,9-11,13,16H,5-6,8,12,14-15H2,1H3,(H,26,27). The van der Waals surface area contributed by atoms with Crippen molar-refractivity contribution in [2.45, 2.75) is 37.5 Å². The summed E-state index contributed by atoms with van der Waals surface area (Å²) < 4.78 is 40.5. The second-order valence-electron chi connectivity index (χ2n) is 7.63. The van der Waals surface area contributed by atoms with E-state index in [-0.39, 0.29) is 17.3 Å². The quantitative estimate of drug-likeness (QED) is 0.457. The van der Waals surface area contributed by atoms with E-state index >= 15 is 0 Å². The van der Waals surface area contributed by atoms with Crippen LogP contribution in [0.4, 0.5) is 5.82 Å². The van der Waals surface area contributed by atoms with Crippen LogP contribution in [0.1, 0.15) is 29.7 Å². The number of aromatic nitrogens is 1. The predicted molar refractivity (Wildman–Crippen MR) is 125 cm³/mol. The number of para-hydroxylation sites is 1. The van der Waals surface area contributed by atoms with Gasteiger partial charge in [-0.1, -0.05) is 35.9 Å². The molecule has 1 aromatic heterocycles. The molecule has 4 rings (SSSR count). The molecule has 0 atom stereocenters. The lowest BCUT2D eigenvalue weighted by atomic mass is 9.96. The second-order valence-corrected chi connectivity index (χ2v) is 9.68. The zero-order chi connectivity index (χ0) is 22.6. The Balaban J connectivity index is 1.56. The number of halogens is 1. The molecule has 3 aromatic rings. The first-order valence-corrected chi connectivity index (χ1v) is 12.4. The highest BCUT2D eigenvalue weighted by Gasteiger charge is 2.23. The van der Waals surface area contributed by atoms with Gasteiger partial charge in [-0.3, -0.25) is 4.72 Å². The van der Waals surface area contributed by atoms with Crippen molar-refractivity contribution in [2.75, 3.05) is 17.9 Å². The number of hydrogen-bond acceptors (Lipinski definition) is 5. The molecule has 0 radical (unpaired) electrons. The molecular weight excluding hydrogens is 448 g/mol. The lowest BCUT2D eigenvalue weighted by molar-refractivity contribution is 0.217. The van der Waals surface area contributed by atoms with Crippen LogP contribution >= 0.6 is 11.6 Å². The number of aryl methyl sites for hydroxylation is 2. The van der Waals surface area contributed by atoms with Crippen molar-refractivity contribution in [3.8, 4) is 11.5 Å². The first kappa shape index (κ1) is 22.4. The third-order valence-electron chi connectivity index (χ3n) is 5.36. The summed E-state index contributed by atoms with van der Waals surface area (Å²) in [7, 11) is -3.90. The topological polar surface area (TPSA) is 77.5 Å². The molecular formula is C24H25ClN2O4S. The van der Waals surface area contributed by atoms with Crippen LogP contribution in [0.5, 0.6) is 11.5 Å². The number of fused-ring (bicyclic) bond motifs is 1. The van der Waals surface area contributed by atoms with E-state index in [4.69, 9.17) is 21.1 Å². The number of nitrogens with one attached hydrogen (secondary N) is 1. The highest BCUT2D eigenvalue weighted by Crippen LogP contribution is 2.32. The van der Waals surface area contributed by atoms with Gasteiger partial charge in [-0.2, -0.15) is 0 Å². The number of hydrogen-bond donors (Lipinski definition) is 1. The summed E-state index contributed by atoms with van der Waals surface area (Å²) in [5.41, 5.74) is 2.49. The zero-order valence-electron chi connectivity index (χ0n) is 17.8. The van der Waals surface area contributed by atoms with Crippen LogP contribution in [0.2, 0.25) is 5.02 Å². The smallest absolute Gasteiger partial charge is 0.263 e. The molecule has 1 aliphatic rings. The lowest BCUT2D eigenvalue weighted by Crippen LogP contribution is -2.19. The summed E-state index contributed by atoms with van der Waals surface area (Å²) in [6, 6.07) is 16.1. The summed E-state index contributed by atoms with van der Waals surface area (Å²) in [6.07, 6.45) is 3.83. The lowest BCUT2D eigenvalue weighted by Gasteiger charge is -2.20. The van der Waals surface area contributed by atoms with E-state index in [0.29, 0.717) is 22.9 Å². The Bertz CT molecular complexity index is 1200. The molecule has 0 fully saturated rings. The van der Waals surface area contributed by atoms with E-state index in [2.05, 4.69) is 9.71 Å². The van der Waals surface area contributed by atoms with Crippen LogP contribution in [0, 0.1) is 6.92 Å². The fourth-order valence-corrected chi connectivity index (χ4v) is 5.20. The minimum atomic E-state index is -3.90. The van der Waals surface area contributed by atoms with Crippen molar-refractivity contribution in [3.63, 3.8) is 0 Å². The number of nitrogens with zero attached hydrogens (tertiary/aromatic N) is 1. The van der Waals surface area contributed by atoms with Crippen molar-refractivity contribution >= 4 is 27.4 Å². The number of pyridine rings is 1. The van der Waals surface area contributed by atoms with E-state index in [1.54, 1.807) is 19.1 Å². The Morgan fingerprint density at radius 2 is 1.75 bits per heavy atom. The Morgan fingerprint density at radius 1 is 1.00 bits per heavy atom. The van der Waals surface area contributed by atoms with Crippen molar-refractivity contribution in [3.05, 3.63) is 76.4 Å². The molecule has 0 unspecified atom stereocenters. The van der Waals surface area contributed by atoms with E-state index in [1.807, 2.05) is 36.4 Å². The van der Waals surface area contributed by atoms with Gasteiger partial charge in [0, 0.05) is 10.7 Å². The van der Waals surface area contributed by atoms with Crippen molar-refractivity contribution in [2.24, 2.45) is 0 Å².